The second kappa shape index (κ2) is 6.90. The summed E-state index contributed by atoms with van der Waals surface area (Å²) in [5.41, 5.74) is 1.69. The first-order chi connectivity index (χ1) is 10.1. The molecule has 0 aliphatic heterocycles. The number of benzene rings is 1. The second-order valence-corrected chi connectivity index (χ2v) is 4.89. The fourth-order valence-corrected chi connectivity index (χ4v) is 2.05. The zero-order chi connectivity index (χ0) is 15.2. The van der Waals surface area contributed by atoms with Gasteiger partial charge in [0.1, 0.15) is 5.82 Å². The van der Waals surface area contributed by atoms with E-state index >= 15 is 0 Å². The predicted molar refractivity (Wildman–Crippen MR) is 81.0 cm³/mol. The second-order valence-electron chi connectivity index (χ2n) is 4.89. The molecule has 0 radical (unpaired) electrons. The SMILES string of the molecule is Cc1cc(NC(=O)NCCC(O)c2ccccc2)n(C)n1. The fraction of sp³-hybridized carbons (Fsp3) is 0.333. The van der Waals surface area contributed by atoms with Crippen LogP contribution in [0.25, 0.3) is 0 Å². The lowest BCUT2D eigenvalue weighted by atomic mass is 10.1. The van der Waals surface area contributed by atoms with Gasteiger partial charge in [-0.15, -0.1) is 0 Å². The third kappa shape index (κ3) is 4.32. The summed E-state index contributed by atoms with van der Waals surface area (Å²) in [6.07, 6.45) is -0.118. The van der Waals surface area contributed by atoms with Crippen molar-refractivity contribution in [2.24, 2.45) is 7.05 Å². The molecule has 1 heterocycles. The number of aliphatic hydroxyl groups excluding tert-OH is 1. The van der Waals surface area contributed by atoms with Crippen LogP contribution in [-0.4, -0.2) is 27.5 Å². The monoisotopic (exact) mass is 288 g/mol. The van der Waals surface area contributed by atoms with E-state index in [4.69, 9.17) is 0 Å². The van der Waals surface area contributed by atoms with Crippen LogP contribution in [0.1, 0.15) is 23.8 Å². The van der Waals surface area contributed by atoms with E-state index in [2.05, 4.69) is 15.7 Å². The molecule has 112 valence electrons. The molecule has 0 saturated carbocycles. The summed E-state index contributed by atoms with van der Waals surface area (Å²) in [5.74, 6) is 0.633. The summed E-state index contributed by atoms with van der Waals surface area (Å²) in [5, 5.41) is 19.6. The van der Waals surface area contributed by atoms with Crippen LogP contribution in [0, 0.1) is 6.92 Å². The maximum Gasteiger partial charge on any atom is 0.320 e. The van der Waals surface area contributed by atoms with Crippen LogP contribution in [0.3, 0.4) is 0 Å². The van der Waals surface area contributed by atoms with Crippen LogP contribution in [0.5, 0.6) is 0 Å². The topological polar surface area (TPSA) is 79.2 Å². The van der Waals surface area contributed by atoms with E-state index in [1.807, 2.05) is 37.3 Å². The molecule has 2 rings (SSSR count). The molecule has 3 N–H and O–H groups in total. The van der Waals surface area contributed by atoms with Crippen molar-refractivity contribution in [3.8, 4) is 0 Å². The van der Waals surface area contributed by atoms with Crippen molar-refractivity contribution in [1.82, 2.24) is 15.1 Å². The van der Waals surface area contributed by atoms with Crippen molar-refractivity contribution in [2.45, 2.75) is 19.4 Å². The number of aryl methyl sites for hydroxylation is 2. The fourth-order valence-electron chi connectivity index (χ4n) is 2.05. The molecule has 1 atom stereocenters. The van der Waals surface area contributed by atoms with Crippen LogP contribution >= 0.6 is 0 Å². The molecular formula is C15H20N4O2. The molecule has 0 aliphatic carbocycles. The summed E-state index contributed by atoms with van der Waals surface area (Å²) >= 11 is 0. The van der Waals surface area contributed by atoms with Gasteiger partial charge in [-0.3, -0.25) is 10.00 Å². The largest absolute Gasteiger partial charge is 0.388 e. The van der Waals surface area contributed by atoms with Crippen LogP contribution in [0.4, 0.5) is 10.6 Å². The van der Waals surface area contributed by atoms with E-state index in [1.54, 1.807) is 17.8 Å². The normalized spacial score (nSPS) is 12.0. The number of urea groups is 1. The predicted octanol–water partition coefficient (Wildman–Crippen LogP) is 1.97. The van der Waals surface area contributed by atoms with Gasteiger partial charge in [0.25, 0.3) is 0 Å². The van der Waals surface area contributed by atoms with E-state index in [9.17, 15) is 9.90 Å². The Kier molecular flexibility index (Phi) is 4.94. The Morgan fingerprint density at radius 3 is 2.71 bits per heavy atom. The molecule has 1 unspecified atom stereocenters. The first-order valence-corrected chi connectivity index (χ1v) is 6.85. The number of hydrogen-bond donors (Lipinski definition) is 3. The average molecular weight is 288 g/mol. The molecule has 0 spiro atoms. The van der Waals surface area contributed by atoms with E-state index in [-0.39, 0.29) is 6.03 Å². The summed E-state index contributed by atoms with van der Waals surface area (Å²) in [4.78, 5) is 11.7. The van der Waals surface area contributed by atoms with Crippen LogP contribution in [-0.2, 0) is 7.05 Å². The highest BCUT2D eigenvalue weighted by Gasteiger charge is 2.09. The molecule has 0 bridgehead atoms. The Hall–Kier alpha value is -2.34. The number of nitrogens with one attached hydrogen (secondary N) is 2. The first-order valence-electron chi connectivity index (χ1n) is 6.85. The van der Waals surface area contributed by atoms with Gasteiger partial charge >= 0.3 is 6.03 Å². The Morgan fingerprint density at radius 2 is 2.10 bits per heavy atom. The van der Waals surface area contributed by atoms with Crippen molar-refractivity contribution in [3.63, 3.8) is 0 Å². The number of rotatable bonds is 5. The number of aromatic nitrogens is 2. The minimum Gasteiger partial charge on any atom is -0.388 e. The number of hydrogen-bond acceptors (Lipinski definition) is 3. The summed E-state index contributed by atoms with van der Waals surface area (Å²) in [6, 6.07) is 10.9. The molecular weight excluding hydrogens is 268 g/mol. The third-order valence-corrected chi connectivity index (χ3v) is 3.13. The smallest absolute Gasteiger partial charge is 0.320 e. The minimum absolute atomic E-state index is 0.307. The van der Waals surface area contributed by atoms with Gasteiger partial charge in [-0.2, -0.15) is 5.10 Å². The van der Waals surface area contributed by atoms with Gasteiger partial charge in [-0.25, -0.2) is 4.79 Å². The zero-order valence-electron chi connectivity index (χ0n) is 12.2. The van der Waals surface area contributed by atoms with Gasteiger partial charge in [0.05, 0.1) is 11.8 Å². The average Bonchev–Trinajstić information content (AvgIpc) is 2.77. The van der Waals surface area contributed by atoms with Crippen molar-refractivity contribution in [3.05, 3.63) is 47.7 Å². The number of nitrogens with zero attached hydrogens (tertiary/aromatic N) is 2. The maximum absolute atomic E-state index is 11.7. The number of aliphatic hydroxyl groups is 1. The Labute approximate surface area is 123 Å². The lowest BCUT2D eigenvalue weighted by Crippen LogP contribution is -2.31. The number of amides is 2. The molecule has 1 aromatic carbocycles. The van der Waals surface area contributed by atoms with Crippen LogP contribution < -0.4 is 10.6 Å². The van der Waals surface area contributed by atoms with Crippen molar-refractivity contribution < 1.29 is 9.90 Å². The highest BCUT2D eigenvalue weighted by Crippen LogP contribution is 2.15. The highest BCUT2D eigenvalue weighted by atomic mass is 16.3. The number of carbonyl (C=O) groups is 1. The standard InChI is InChI=1S/C15H20N4O2/c1-11-10-14(19(2)18-11)17-15(21)16-9-8-13(20)12-6-4-3-5-7-12/h3-7,10,13,20H,8-9H2,1-2H3,(H2,16,17,21). The molecule has 2 aromatic rings. The van der Waals surface area contributed by atoms with E-state index in [0.29, 0.717) is 18.8 Å². The molecule has 0 saturated heterocycles. The molecule has 1 aromatic heterocycles. The van der Waals surface area contributed by atoms with Gasteiger partial charge in [0.15, 0.2) is 0 Å². The number of anilines is 1. The minimum atomic E-state index is -0.578. The van der Waals surface area contributed by atoms with Crippen molar-refractivity contribution >= 4 is 11.8 Å². The summed E-state index contributed by atoms with van der Waals surface area (Å²) in [6.45, 7) is 2.25. The van der Waals surface area contributed by atoms with Crippen LogP contribution in [0.15, 0.2) is 36.4 Å². The number of carbonyl (C=O) groups excluding carboxylic acids is 1. The molecule has 0 aliphatic rings. The van der Waals surface area contributed by atoms with Gasteiger partial charge in [0.2, 0.25) is 0 Å². The quantitative estimate of drug-likeness (QED) is 0.787. The van der Waals surface area contributed by atoms with Gasteiger partial charge in [-0.1, -0.05) is 30.3 Å². The van der Waals surface area contributed by atoms with Gasteiger partial charge < -0.3 is 10.4 Å². The Morgan fingerprint density at radius 1 is 1.38 bits per heavy atom. The lowest BCUT2D eigenvalue weighted by molar-refractivity contribution is 0.167. The molecule has 6 heteroatoms. The van der Waals surface area contributed by atoms with Gasteiger partial charge in [-0.05, 0) is 18.9 Å². The van der Waals surface area contributed by atoms with Crippen LogP contribution in [0.2, 0.25) is 0 Å². The third-order valence-electron chi connectivity index (χ3n) is 3.13. The molecule has 21 heavy (non-hydrogen) atoms. The van der Waals surface area contributed by atoms with Crippen molar-refractivity contribution in [2.75, 3.05) is 11.9 Å². The van der Waals surface area contributed by atoms with E-state index < -0.39 is 6.10 Å². The molecule has 2 amide bonds. The zero-order valence-corrected chi connectivity index (χ0v) is 12.2. The van der Waals surface area contributed by atoms with Gasteiger partial charge in [0, 0.05) is 19.7 Å². The Bertz CT molecular complexity index is 595. The molecule has 6 nitrogen and oxygen atoms in total. The van der Waals surface area contributed by atoms with E-state index in [0.717, 1.165) is 11.3 Å². The first kappa shape index (κ1) is 15.1. The summed E-state index contributed by atoms with van der Waals surface area (Å²) < 4.78 is 1.60. The highest BCUT2D eigenvalue weighted by molar-refractivity contribution is 5.88. The molecule has 0 fully saturated rings. The van der Waals surface area contributed by atoms with E-state index in [1.165, 1.54) is 0 Å². The lowest BCUT2D eigenvalue weighted by Gasteiger charge is -2.12. The van der Waals surface area contributed by atoms with Crippen molar-refractivity contribution in [1.29, 1.82) is 0 Å². The maximum atomic E-state index is 11.7. The summed E-state index contributed by atoms with van der Waals surface area (Å²) in [7, 11) is 1.77. The Balaban J connectivity index is 1.76.